The molecular weight excluding hydrogens is 352 g/mol. The van der Waals surface area contributed by atoms with Crippen molar-refractivity contribution in [2.24, 2.45) is 10.9 Å². The van der Waals surface area contributed by atoms with Crippen molar-refractivity contribution < 1.29 is 9.47 Å². The van der Waals surface area contributed by atoms with Crippen LogP contribution in [0.1, 0.15) is 24.8 Å². The Labute approximate surface area is 169 Å². The number of nitrogens with zero attached hydrogens (tertiary/aromatic N) is 2. The fourth-order valence-electron chi connectivity index (χ4n) is 3.46. The van der Waals surface area contributed by atoms with Gasteiger partial charge in [-0.25, -0.2) is 0 Å². The molecule has 2 N–H and O–H groups in total. The largest absolute Gasteiger partial charge is 0.381 e. The van der Waals surface area contributed by atoms with Gasteiger partial charge in [-0.1, -0.05) is 24.3 Å². The first-order chi connectivity index (χ1) is 13.8. The average molecular weight is 387 g/mol. The van der Waals surface area contributed by atoms with E-state index in [1.165, 1.54) is 11.3 Å². The molecule has 28 heavy (non-hydrogen) atoms. The number of aliphatic imine (C=N–C) groups is 1. The van der Waals surface area contributed by atoms with E-state index in [-0.39, 0.29) is 0 Å². The van der Waals surface area contributed by atoms with Crippen LogP contribution in [0, 0.1) is 5.92 Å². The topological polar surface area (TPSA) is 58.1 Å². The van der Waals surface area contributed by atoms with Crippen molar-refractivity contribution >= 4 is 11.6 Å². The monoisotopic (exact) mass is 386 g/mol. The lowest BCUT2D eigenvalue weighted by atomic mass is 10.0. The van der Waals surface area contributed by atoms with Gasteiger partial charge in [0.15, 0.2) is 5.96 Å². The van der Waals surface area contributed by atoms with Crippen LogP contribution in [0.5, 0.6) is 0 Å². The maximum Gasteiger partial charge on any atom is 0.191 e. The number of rotatable bonds is 9. The molecule has 0 spiro atoms. The van der Waals surface area contributed by atoms with Crippen LogP contribution in [-0.4, -0.2) is 59.1 Å². The minimum atomic E-state index is 0.671. The normalized spacial score (nSPS) is 17.9. The molecule has 1 aromatic carbocycles. The second-order valence-corrected chi connectivity index (χ2v) is 7.38. The highest BCUT2D eigenvalue weighted by Gasteiger charge is 2.13. The molecule has 0 bridgehead atoms. The molecule has 3 rings (SSSR count). The summed E-state index contributed by atoms with van der Waals surface area (Å²) in [6.45, 7) is 7.05. The lowest BCUT2D eigenvalue weighted by Crippen LogP contribution is -2.37. The van der Waals surface area contributed by atoms with E-state index in [2.05, 4.69) is 56.9 Å². The fraction of sp³-hybridized carbons (Fsp3) is 0.591. The SMILES string of the molecule is CN=C(NCCCOCC1CCOCC1)NCc1ccc(N2CC=CC2)cc1. The number of guanidine groups is 1. The third-order valence-corrected chi connectivity index (χ3v) is 5.26. The van der Waals surface area contributed by atoms with Crippen LogP contribution in [0.25, 0.3) is 0 Å². The van der Waals surface area contributed by atoms with Crippen molar-refractivity contribution in [2.45, 2.75) is 25.8 Å². The Morgan fingerprint density at radius 2 is 1.89 bits per heavy atom. The summed E-state index contributed by atoms with van der Waals surface area (Å²) in [5.41, 5.74) is 2.52. The lowest BCUT2D eigenvalue weighted by molar-refractivity contribution is 0.0203. The Kier molecular flexibility index (Phi) is 8.65. The Morgan fingerprint density at radius 3 is 2.61 bits per heavy atom. The molecular formula is C22H34N4O2. The Morgan fingerprint density at radius 1 is 1.14 bits per heavy atom. The zero-order valence-corrected chi connectivity index (χ0v) is 17.0. The van der Waals surface area contributed by atoms with Gasteiger partial charge in [-0.15, -0.1) is 0 Å². The summed E-state index contributed by atoms with van der Waals surface area (Å²) in [6.07, 6.45) is 7.65. The van der Waals surface area contributed by atoms with E-state index in [1.807, 2.05) is 0 Å². The van der Waals surface area contributed by atoms with Crippen LogP contribution >= 0.6 is 0 Å². The molecule has 2 heterocycles. The quantitative estimate of drug-likeness (QED) is 0.296. The van der Waals surface area contributed by atoms with Gasteiger partial charge >= 0.3 is 0 Å². The molecule has 2 aliphatic heterocycles. The minimum Gasteiger partial charge on any atom is -0.381 e. The molecule has 1 fully saturated rings. The highest BCUT2D eigenvalue weighted by molar-refractivity contribution is 5.79. The summed E-state index contributed by atoms with van der Waals surface area (Å²) in [5.74, 6) is 1.50. The van der Waals surface area contributed by atoms with E-state index in [1.54, 1.807) is 7.05 Å². The van der Waals surface area contributed by atoms with E-state index < -0.39 is 0 Å². The fourth-order valence-corrected chi connectivity index (χ4v) is 3.46. The van der Waals surface area contributed by atoms with Crippen molar-refractivity contribution in [3.05, 3.63) is 42.0 Å². The molecule has 0 saturated carbocycles. The lowest BCUT2D eigenvalue weighted by Gasteiger charge is -2.21. The Balaban J connectivity index is 1.27. The molecule has 0 unspecified atom stereocenters. The molecule has 6 nitrogen and oxygen atoms in total. The van der Waals surface area contributed by atoms with Crippen LogP contribution in [-0.2, 0) is 16.0 Å². The summed E-state index contributed by atoms with van der Waals surface area (Å²) < 4.78 is 11.2. The van der Waals surface area contributed by atoms with E-state index >= 15 is 0 Å². The summed E-state index contributed by atoms with van der Waals surface area (Å²) in [5, 5.41) is 6.73. The second kappa shape index (κ2) is 11.7. The number of hydrogen-bond acceptors (Lipinski definition) is 4. The standard InChI is InChI=1S/C22H34N4O2/c1-23-22(24-11-4-14-28-18-20-9-15-27-16-10-20)25-17-19-5-7-21(8-6-19)26-12-2-3-13-26/h2-3,5-8,20H,4,9-18H2,1H3,(H2,23,24,25). The van der Waals surface area contributed by atoms with Crippen molar-refractivity contribution in [2.75, 3.05) is 58.0 Å². The first-order valence-corrected chi connectivity index (χ1v) is 10.4. The van der Waals surface area contributed by atoms with Crippen LogP contribution in [0.15, 0.2) is 41.4 Å². The predicted molar refractivity (Wildman–Crippen MR) is 115 cm³/mol. The number of hydrogen-bond donors (Lipinski definition) is 2. The van der Waals surface area contributed by atoms with E-state index in [0.717, 1.165) is 77.8 Å². The predicted octanol–water partition coefficient (Wildman–Crippen LogP) is 2.56. The van der Waals surface area contributed by atoms with Crippen LogP contribution in [0.4, 0.5) is 5.69 Å². The molecule has 2 aliphatic rings. The molecule has 0 aromatic heterocycles. The van der Waals surface area contributed by atoms with Gasteiger partial charge in [0.2, 0.25) is 0 Å². The maximum absolute atomic E-state index is 5.81. The third-order valence-electron chi connectivity index (χ3n) is 5.26. The van der Waals surface area contributed by atoms with Crippen LogP contribution < -0.4 is 15.5 Å². The van der Waals surface area contributed by atoms with Gasteiger partial charge in [-0.3, -0.25) is 4.99 Å². The first kappa shape index (κ1) is 20.7. The van der Waals surface area contributed by atoms with Gasteiger partial charge in [0, 0.05) is 65.3 Å². The Hall–Kier alpha value is -2.05. The van der Waals surface area contributed by atoms with Gasteiger partial charge in [-0.05, 0) is 42.9 Å². The van der Waals surface area contributed by atoms with E-state index in [9.17, 15) is 0 Å². The highest BCUT2D eigenvalue weighted by atomic mass is 16.5. The average Bonchev–Trinajstić information content (AvgIpc) is 3.29. The minimum absolute atomic E-state index is 0.671. The summed E-state index contributed by atoms with van der Waals surface area (Å²) in [7, 11) is 1.81. The van der Waals surface area contributed by atoms with Gasteiger partial charge in [0.05, 0.1) is 0 Å². The summed E-state index contributed by atoms with van der Waals surface area (Å²) >= 11 is 0. The number of ether oxygens (including phenoxy) is 2. The zero-order chi connectivity index (χ0) is 19.4. The number of nitrogens with one attached hydrogen (secondary N) is 2. The second-order valence-electron chi connectivity index (χ2n) is 7.38. The molecule has 0 amide bonds. The first-order valence-electron chi connectivity index (χ1n) is 10.4. The van der Waals surface area contributed by atoms with Crippen LogP contribution in [0.3, 0.4) is 0 Å². The maximum atomic E-state index is 5.81. The van der Waals surface area contributed by atoms with Crippen molar-refractivity contribution in [3.8, 4) is 0 Å². The van der Waals surface area contributed by atoms with E-state index in [4.69, 9.17) is 9.47 Å². The number of anilines is 1. The summed E-state index contributed by atoms with van der Waals surface area (Å²) in [4.78, 5) is 6.65. The van der Waals surface area contributed by atoms with Gasteiger partial charge in [-0.2, -0.15) is 0 Å². The third kappa shape index (κ3) is 6.84. The van der Waals surface area contributed by atoms with Gasteiger partial charge < -0.3 is 25.0 Å². The molecule has 0 atom stereocenters. The van der Waals surface area contributed by atoms with Crippen molar-refractivity contribution in [3.63, 3.8) is 0 Å². The molecule has 154 valence electrons. The van der Waals surface area contributed by atoms with Gasteiger partial charge in [0.25, 0.3) is 0 Å². The van der Waals surface area contributed by atoms with Gasteiger partial charge in [0.1, 0.15) is 0 Å². The molecule has 1 aromatic rings. The number of benzene rings is 1. The molecule has 6 heteroatoms. The molecule has 0 radical (unpaired) electrons. The smallest absolute Gasteiger partial charge is 0.191 e. The van der Waals surface area contributed by atoms with Crippen molar-refractivity contribution in [1.29, 1.82) is 0 Å². The summed E-state index contributed by atoms with van der Waals surface area (Å²) in [6, 6.07) is 8.74. The van der Waals surface area contributed by atoms with Crippen LogP contribution in [0.2, 0.25) is 0 Å². The highest BCUT2D eigenvalue weighted by Crippen LogP contribution is 2.17. The van der Waals surface area contributed by atoms with E-state index in [0.29, 0.717) is 5.92 Å². The molecule has 1 saturated heterocycles. The zero-order valence-electron chi connectivity index (χ0n) is 17.0. The Bertz CT molecular complexity index is 616. The molecule has 0 aliphatic carbocycles. The van der Waals surface area contributed by atoms with Crippen molar-refractivity contribution in [1.82, 2.24) is 10.6 Å².